The van der Waals surface area contributed by atoms with Crippen LogP contribution in [0.15, 0.2) is 33.8 Å². The molecule has 1 aliphatic rings. The van der Waals surface area contributed by atoms with Gasteiger partial charge in [0.2, 0.25) is 0 Å². The standard InChI is InChI=1S/C21H24FN3O4/c1-13-18-16(24-25-20(26)14-7-9-15(22)10-8-14)5-3-6-17(18)29-19(13)21(27)23-11-4-12-28-2/h7-10H,3-6,11-12H2,1-2H3,(H,23,27)(H,25,26)/b24-16+. The topological polar surface area (TPSA) is 92.9 Å². The van der Waals surface area contributed by atoms with Crippen LogP contribution in [0.5, 0.6) is 0 Å². The number of hydrogen-bond donors (Lipinski definition) is 2. The van der Waals surface area contributed by atoms with Crippen molar-refractivity contribution in [2.45, 2.75) is 32.6 Å². The van der Waals surface area contributed by atoms with Crippen molar-refractivity contribution in [3.05, 3.63) is 58.3 Å². The van der Waals surface area contributed by atoms with Gasteiger partial charge in [0.05, 0.1) is 5.71 Å². The summed E-state index contributed by atoms with van der Waals surface area (Å²) in [5.41, 5.74) is 4.98. The van der Waals surface area contributed by atoms with Crippen molar-refractivity contribution in [2.24, 2.45) is 5.10 Å². The normalized spacial score (nSPS) is 14.5. The smallest absolute Gasteiger partial charge is 0.287 e. The summed E-state index contributed by atoms with van der Waals surface area (Å²) in [6.45, 7) is 2.87. The monoisotopic (exact) mass is 401 g/mol. The van der Waals surface area contributed by atoms with Crippen LogP contribution in [0.4, 0.5) is 4.39 Å². The molecule has 0 radical (unpaired) electrons. The molecule has 2 N–H and O–H groups in total. The zero-order valence-electron chi connectivity index (χ0n) is 16.5. The zero-order chi connectivity index (χ0) is 20.8. The van der Waals surface area contributed by atoms with Gasteiger partial charge in [-0.3, -0.25) is 9.59 Å². The Morgan fingerprint density at radius 1 is 1.21 bits per heavy atom. The highest BCUT2D eigenvalue weighted by atomic mass is 19.1. The number of hydrogen-bond acceptors (Lipinski definition) is 5. The van der Waals surface area contributed by atoms with E-state index < -0.39 is 11.7 Å². The molecule has 1 aromatic carbocycles. The Morgan fingerprint density at radius 2 is 1.97 bits per heavy atom. The Morgan fingerprint density at radius 3 is 2.69 bits per heavy atom. The number of fused-ring (bicyclic) bond motifs is 1. The van der Waals surface area contributed by atoms with Crippen LogP contribution in [-0.2, 0) is 11.2 Å². The molecular formula is C21H24FN3O4. The summed E-state index contributed by atoms with van der Waals surface area (Å²) in [5.74, 6) is -0.145. The van der Waals surface area contributed by atoms with E-state index in [9.17, 15) is 14.0 Å². The molecule has 0 atom stereocenters. The lowest BCUT2D eigenvalue weighted by Gasteiger charge is -2.13. The van der Waals surface area contributed by atoms with E-state index in [1.807, 2.05) is 6.92 Å². The van der Waals surface area contributed by atoms with Crippen molar-refractivity contribution in [1.29, 1.82) is 0 Å². The highest BCUT2D eigenvalue weighted by molar-refractivity contribution is 6.07. The van der Waals surface area contributed by atoms with Gasteiger partial charge in [0, 0.05) is 43.4 Å². The zero-order valence-corrected chi connectivity index (χ0v) is 16.5. The molecule has 0 fully saturated rings. The maximum absolute atomic E-state index is 13.0. The summed E-state index contributed by atoms with van der Waals surface area (Å²) in [6, 6.07) is 5.23. The van der Waals surface area contributed by atoms with Gasteiger partial charge in [0.1, 0.15) is 11.6 Å². The van der Waals surface area contributed by atoms with E-state index in [1.54, 1.807) is 7.11 Å². The number of nitrogens with zero attached hydrogens (tertiary/aromatic N) is 1. The third-order valence-electron chi connectivity index (χ3n) is 4.74. The number of ether oxygens (including phenoxy) is 1. The van der Waals surface area contributed by atoms with Gasteiger partial charge in [-0.1, -0.05) is 0 Å². The van der Waals surface area contributed by atoms with Gasteiger partial charge in [0.15, 0.2) is 5.76 Å². The number of nitrogens with one attached hydrogen (secondary N) is 2. The molecule has 2 amide bonds. The summed E-state index contributed by atoms with van der Waals surface area (Å²) in [6.07, 6.45) is 2.88. The van der Waals surface area contributed by atoms with Crippen molar-refractivity contribution in [1.82, 2.24) is 10.7 Å². The maximum atomic E-state index is 13.0. The number of carbonyl (C=O) groups is 2. The van der Waals surface area contributed by atoms with Gasteiger partial charge < -0.3 is 14.5 Å². The van der Waals surface area contributed by atoms with Crippen LogP contribution < -0.4 is 10.7 Å². The van der Waals surface area contributed by atoms with Gasteiger partial charge in [-0.15, -0.1) is 0 Å². The molecule has 154 valence electrons. The van der Waals surface area contributed by atoms with Gasteiger partial charge in [-0.05, 0) is 50.5 Å². The largest absolute Gasteiger partial charge is 0.455 e. The molecule has 0 unspecified atom stereocenters. The molecule has 0 saturated heterocycles. The van der Waals surface area contributed by atoms with E-state index >= 15 is 0 Å². The molecule has 3 rings (SSSR count). The fourth-order valence-electron chi connectivity index (χ4n) is 3.28. The molecule has 7 nitrogen and oxygen atoms in total. The Labute approximate surface area is 168 Å². The molecule has 0 bridgehead atoms. The molecule has 0 saturated carbocycles. The molecule has 29 heavy (non-hydrogen) atoms. The van der Waals surface area contributed by atoms with Crippen molar-refractivity contribution >= 4 is 17.5 Å². The van der Waals surface area contributed by atoms with Crippen LogP contribution >= 0.6 is 0 Å². The molecule has 2 aromatic rings. The van der Waals surface area contributed by atoms with Crippen molar-refractivity contribution in [3.8, 4) is 0 Å². The number of methoxy groups -OCH3 is 1. The second kappa shape index (κ2) is 9.47. The van der Waals surface area contributed by atoms with Crippen LogP contribution in [0, 0.1) is 12.7 Å². The lowest BCUT2D eigenvalue weighted by atomic mass is 9.93. The lowest BCUT2D eigenvalue weighted by molar-refractivity contribution is 0.0916. The first kappa shape index (κ1) is 20.7. The minimum Gasteiger partial charge on any atom is -0.455 e. The molecule has 1 aliphatic carbocycles. The first-order chi connectivity index (χ1) is 14.0. The Hall–Kier alpha value is -3.00. The van der Waals surface area contributed by atoms with E-state index in [0.717, 1.165) is 12.0 Å². The second-order valence-corrected chi connectivity index (χ2v) is 6.82. The first-order valence-electron chi connectivity index (χ1n) is 9.53. The van der Waals surface area contributed by atoms with E-state index in [1.165, 1.54) is 24.3 Å². The number of halogens is 1. The minimum absolute atomic E-state index is 0.270. The van der Waals surface area contributed by atoms with Gasteiger partial charge in [0.25, 0.3) is 11.8 Å². The van der Waals surface area contributed by atoms with Crippen LogP contribution in [0.3, 0.4) is 0 Å². The Bertz CT molecular complexity index is 919. The summed E-state index contributed by atoms with van der Waals surface area (Å²) in [7, 11) is 1.61. The van der Waals surface area contributed by atoms with Crippen LogP contribution in [0.25, 0.3) is 0 Å². The summed E-state index contributed by atoms with van der Waals surface area (Å²) < 4.78 is 23.8. The Kier molecular flexibility index (Phi) is 6.77. The quantitative estimate of drug-likeness (QED) is 0.551. The van der Waals surface area contributed by atoms with Crippen molar-refractivity contribution in [2.75, 3.05) is 20.3 Å². The predicted molar refractivity (Wildman–Crippen MR) is 106 cm³/mol. The predicted octanol–water partition coefficient (Wildman–Crippen LogP) is 2.96. The number of aryl methyl sites for hydroxylation is 1. The number of carbonyl (C=O) groups excluding carboxylic acids is 2. The van der Waals surface area contributed by atoms with Gasteiger partial charge in [-0.2, -0.15) is 5.10 Å². The van der Waals surface area contributed by atoms with E-state index in [-0.39, 0.29) is 11.7 Å². The highest BCUT2D eigenvalue weighted by Gasteiger charge is 2.28. The lowest BCUT2D eigenvalue weighted by Crippen LogP contribution is -2.25. The first-order valence-corrected chi connectivity index (χ1v) is 9.53. The fraction of sp³-hybridized carbons (Fsp3) is 0.381. The van der Waals surface area contributed by atoms with Crippen molar-refractivity contribution in [3.63, 3.8) is 0 Å². The Balaban J connectivity index is 1.74. The number of benzene rings is 1. The third kappa shape index (κ3) is 4.89. The van der Waals surface area contributed by atoms with Crippen molar-refractivity contribution < 1.29 is 23.1 Å². The molecule has 0 aliphatic heterocycles. The molecular weight excluding hydrogens is 377 g/mol. The highest BCUT2D eigenvalue weighted by Crippen LogP contribution is 2.29. The number of furan rings is 1. The average molecular weight is 401 g/mol. The second-order valence-electron chi connectivity index (χ2n) is 6.82. The van der Waals surface area contributed by atoms with Crippen LogP contribution in [0.2, 0.25) is 0 Å². The van der Waals surface area contributed by atoms with Gasteiger partial charge >= 0.3 is 0 Å². The third-order valence-corrected chi connectivity index (χ3v) is 4.74. The van der Waals surface area contributed by atoms with Gasteiger partial charge in [-0.25, -0.2) is 9.82 Å². The molecule has 1 aromatic heterocycles. The van der Waals surface area contributed by atoms with Crippen LogP contribution in [0.1, 0.15) is 57.1 Å². The molecule has 8 heteroatoms. The summed E-state index contributed by atoms with van der Waals surface area (Å²) in [5, 5.41) is 7.08. The summed E-state index contributed by atoms with van der Waals surface area (Å²) in [4.78, 5) is 24.7. The number of hydrazone groups is 1. The van der Waals surface area contributed by atoms with E-state index in [4.69, 9.17) is 9.15 Å². The van der Waals surface area contributed by atoms with E-state index in [0.29, 0.717) is 55.0 Å². The number of amides is 2. The number of rotatable bonds is 7. The molecule has 0 spiro atoms. The maximum Gasteiger partial charge on any atom is 0.287 e. The van der Waals surface area contributed by atoms with E-state index in [2.05, 4.69) is 15.8 Å². The fourth-order valence-corrected chi connectivity index (χ4v) is 3.28. The SMILES string of the molecule is COCCCNC(=O)c1oc2c(c1C)/C(=N/NC(=O)c1ccc(F)cc1)CCC2. The average Bonchev–Trinajstić information content (AvgIpc) is 3.07. The minimum atomic E-state index is -0.429. The molecule has 1 heterocycles. The summed E-state index contributed by atoms with van der Waals surface area (Å²) >= 11 is 0. The van der Waals surface area contributed by atoms with Crippen LogP contribution in [-0.4, -0.2) is 37.8 Å².